The molecule has 7 nitrogen and oxygen atoms in total. The smallest absolute Gasteiger partial charge is 0.330 e. The van der Waals surface area contributed by atoms with E-state index in [-0.39, 0.29) is 6.61 Å². The second-order valence-corrected chi connectivity index (χ2v) is 8.46. The Morgan fingerprint density at radius 2 is 1.47 bits per heavy atom. The van der Waals surface area contributed by atoms with Crippen LogP contribution in [0, 0.1) is 0 Å². The van der Waals surface area contributed by atoms with Crippen molar-refractivity contribution in [1.29, 1.82) is 0 Å². The standard InChI is InChI=1S/C28H25FN2O5/c1-34-22-14-12-21(13-15-22)28(19-8-4-2-5-9-19,20-10-6-3-7-11-20)36-23-18-35-26(25(23)29)31-24(32)16-17-30-27(31)33/h2-17,23,25-26H,18H2,1H3,(H,30,33). The molecule has 1 aliphatic rings. The largest absolute Gasteiger partial charge is 0.497 e. The Morgan fingerprint density at radius 3 is 2.03 bits per heavy atom. The van der Waals surface area contributed by atoms with Crippen LogP contribution < -0.4 is 16.0 Å². The molecule has 0 bridgehead atoms. The van der Waals surface area contributed by atoms with Crippen molar-refractivity contribution in [3.63, 3.8) is 0 Å². The van der Waals surface area contributed by atoms with E-state index in [4.69, 9.17) is 14.2 Å². The van der Waals surface area contributed by atoms with Crippen LogP contribution in [-0.2, 0) is 15.1 Å². The van der Waals surface area contributed by atoms with E-state index in [0.717, 1.165) is 27.3 Å². The lowest BCUT2D eigenvalue weighted by molar-refractivity contribution is -0.0697. The molecular weight excluding hydrogens is 463 g/mol. The van der Waals surface area contributed by atoms with Gasteiger partial charge in [-0.25, -0.2) is 13.8 Å². The van der Waals surface area contributed by atoms with E-state index in [1.165, 1.54) is 6.20 Å². The first-order chi connectivity index (χ1) is 17.5. The molecule has 1 saturated heterocycles. The Morgan fingerprint density at radius 1 is 0.889 bits per heavy atom. The Labute approximate surface area is 206 Å². The van der Waals surface area contributed by atoms with Gasteiger partial charge in [0.15, 0.2) is 12.4 Å². The molecule has 0 amide bonds. The van der Waals surface area contributed by atoms with Crippen molar-refractivity contribution in [2.75, 3.05) is 13.7 Å². The maximum Gasteiger partial charge on any atom is 0.330 e. The van der Waals surface area contributed by atoms with Gasteiger partial charge < -0.3 is 19.2 Å². The van der Waals surface area contributed by atoms with Gasteiger partial charge in [0, 0.05) is 12.3 Å². The predicted molar refractivity (Wildman–Crippen MR) is 132 cm³/mol. The zero-order chi connectivity index (χ0) is 25.1. The van der Waals surface area contributed by atoms with Gasteiger partial charge in [0.1, 0.15) is 17.5 Å². The summed E-state index contributed by atoms with van der Waals surface area (Å²) in [6.45, 7) is -0.149. The Kier molecular flexibility index (Phi) is 6.54. The molecule has 5 rings (SSSR count). The molecule has 1 N–H and O–H groups in total. The SMILES string of the molecule is COc1ccc(C(OC2COC(n3c(=O)cc[nH]c3=O)C2F)(c2ccccc2)c2ccccc2)cc1. The van der Waals surface area contributed by atoms with Crippen LogP contribution in [0.5, 0.6) is 5.75 Å². The molecule has 1 aromatic heterocycles. The van der Waals surface area contributed by atoms with Gasteiger partial charge in [0.25, 0.3) is 5.56 Å². The number of hydrogen-bond acceptors (Lipinski definition) is 5. The van der Waals surface area contributed by atoms with Gasteiger partial charge in [-0.1, -0.05) is 72.8 Å². The number of H-pyrrole nitrogens is 1. The van der Waals surface area contributed by atoms with Crippen LogP contribution in [-0.4, -0.2) is 35.5 Å². The van der Waals surface area contributed by atoms with Crippen LogP contribution >= 0.6 is 0 Å². The van der Waals surface area contributed by atoms with E-state index >= 15 is 4.39 Å². The minimum Gasteiger partial charge on any atom is -0.497 e. The lowest BCUT2D eigenvalue weighted by atomic mass is 9.79. The minimum atomic E-state index is -1.78. The quantitative estimate of drug-likeness (QED) is 0.401. The average molecular weight is 489 g/mol. The Balaban J connectivity index is 1.63. The van der Waals surface area contributed by atoms with Crippen LogP contribution in [0.1, 0.15) is 22.9 Å². The summed E-state index contributed by atoms with van der Waals surface area (Å²) in [5.74, 6) is 0.670. The third-order valence-corrected chi connectivity index (χ3v) is 6.39. The van der Waals surface area contributed by atoms with Gasteiger partial charge in [-0.2, -0.15) is 0 Å². The maximum absolute atomic E-state index is 15.9. The van der Waals surface area contributed by atoms with E-state index in [9.17, 15) is 9.59 Å². The number of hydrogen-bond donors (Lipinski definition) is 1. The van der Waals surface area contributed by atoms with E-state index in [1.807, 2.05) is 84.9 Å². The number of ether oxygens (including phenoxy) is 3. The molecule has 3 atom stereocenters. The van der Waals surface area contributed by atoms with E-state index in [1.54, 1.807) is 7.11 Å². The summed E-state index contributed by atoms with van der Waals surface area (Å²) in [5, 5.41) is 0. The van der Waals surface area contributed by atoms with Crippen LogP contribution in [0.3, 0.4) is 0 Å². The van der Waals surface area contributed by atoms with Crippen molar-refractivity contribution in [3.8, 4) is 5.75 Å². The highest BCUT2D eigenvalue weighted by Gasteiger charge is 2.48. The summed E-state index contributed by atoms with van der Waals surface area (Å²) in [5.41, 5.74) is -0.289. The van der Waals surface area contributed by atoms with Crippen molar-refractivity contribution in [1.82, 2.24) is 9.55 Å². The van der Waals surface area contributed by atoms with Crippen LogP contribution in [0.2, 0.25) is 0 Å². The molecule has 36 heavy (non-hydrogen) atoms. The fourth-order valence-corrected chi connectivity index (χ4v) is 4.65. The maximum atomic E-state index is 15.9. The third kappa shape index (κ3) is 4.14. The lowest BCUT2D eigenvalue weighted by Crippen LogP contribution is -2.43. The average Bonchev–Trinajstić information content (AvgIpc) is 3.27. The number of benzene rings is 3. The van der Waals surface area contributed by atoms with Crippen LogP contribution in [0.15, 0.2) is 107 Å². The summed E-state index contributed by atoms with van der Waals surface area (Å²) in [6, 6.07) is 27.6. The molecule has 0 spiro atoms. The molecule has 0 radical (unpaired) electrons. The number of rotatable bonds is 7. The number of nitrogens with zero attached hydrogens (tertiary/aromatic N) is 1. The van der Waals surface area contributed by atoms with Gasteiger partial charge in [0.05, 0.1) is 13.7 Å². The molecule has 0 saturated carbocycles. The van der Waals surface area contributed by atoms with Gasteiger partial charge >= 0.3 is 5.69 Å². The first-order valence-corrected chi connectivity index (χ1v) is 11.5. The summed E-state index contributed by atoms with van der Waals surface area (Å²) in [4.78, 5) is 27.0. The highest BCUT2D eigenvalue weighted by molar-refractivity contribution is 5.48. The molecule has 4 aromatic rings. The Bertz CT molecular complexity index is 1350. The first kappa shape index (κ1) is 23.7. The summed E-state index contributed by atoms with van der Waals surface area (Å²) >= 11 is 0. The molecule has 1 aliphatic heterocycles. The van der Waals surface area contributed by atoms with Crippen molar-refractivity contribution in [3.05, 3.63) is 135 Å². The molecule has 184 valence electrons. The molecule has 2 heterocycles. The minimum absolute atomic E-state index is 0.149. The van der Waals surface area contributed by atoms with Gasteiger partial charge in [-0.3, -0.25) is 4.79 Å². The fourth-order valence-electron chi connectivity index (χ4n) is 4.65. The number of aromatic amines is 1. The molecular formula is C28H25FN2O5. The van der Waals surface area contributed by atoms with Crippen LogP contribution in [0.4, 0.5) is 4.39 Å². The monoisotopic (exact) mass is 488 g/mol. The van der Waals surface area contributed by atoms with Crippen molar-refractivity contribution in [2.24, 2.45) is 0 Å². The number of methoxy groups -OCH3 is 1. The van der Waals surface area contributed by atoms with Gasteiger partial charge in [-0.15, -0.1) is 0 Å². The number of aromatic nitrogens is 2. The van der Waals surface area contributed by atoms with Crippen molar-refractivity contribution >= 4 is 0 Å². The fraction of sp³-hybridized carbons (Fsp3) is 0.214. The first-order valence-electron chi connectivity index (χ1n) is 11.5. The van der Waals surface area contributed by atoms with Crippen molar-refractivity contribution < 1.29 is 18.6 Å². The second-order valence-electron chi connectivity index (χ2n) is 8.46. The number of alkyl halides is 1. The third-order valence-electron chi connectivity index (χ3n) is 6.39. The number of halogens is 1. The lowest BCUT2D eigenvalue weighted by Gasteiger charge is -2.38. The summed E-state index contributed by atoms with van der Waals surface area (Å²) in [7, 11) is 1.59. The Hall–Kier alpha value is -4.01. The zero-order valence-electron chi connectivity index (χ0n) is 19.5. The van der Waals surface area contributed by atoms with Crippen molar-refractivity contribution in [2.45, 2.75) is 24.1 Å². The molecule has 3 aromatic carbocycles. The number of nitrogens with one attached hydrogen (secondary N) is 1. The molecule has 8 heteroatoms. The van der Waals surface area contributed by atoms with Crippen LogP contribution in [0.25, 0.3) is 0 Å². The molecule has 1 fully saturated rings. The van der Waals surface area contributed by atoms with E-state index in [0.29, 0.717) is 5.75 Å². The highest BCUT2D eigenvalue weighted by Crippen LogP contribution is 2.44. The zero-order valence-corrected chi connectivity index (χ0v) is 19.5. The predicted octanol–water partition coefficient (Wildman–Crippen LogP) is 3.79. The molecule has 3 unspecified atom stereocenters. The van der Waals surface area contributed by atoms with E-state index in [2.05, 4.69) is 4.98 Å². The summed E-state index contributed by atoms with van der Waals surface area (Å²) in [6.07, 6.45) is -3.05. The van der Waals surface area contributed by atoms with E-state index < -0.39 is 35.4 Å². The topological polar surface area (TPSA) is 82.6 Å². The summed E-state index contributed by atoms with van der Waals surface area (Å²) < 4.78 is 34.3. The second kappa shape index (κ2) is 9.93. The van der Waals surface area contributed by atoms with Gasteiger partial charge in [-0.05, 0) is 28.8 Å². The normalized spacial score (nSPS) is 19.8. The molecule has 0 aliphatic carbocycles. The highest BCUT2D eigenvalue weighted by atomic mass is 19.1. The van der Waals surface area contributed by atoms with Gasteiger partial charge in [0.2, 0.25) is 0 Å².